The van der Waals surface area contributed by atoms with Gasteiger partial charge in [0, 0.05) is 6.54 Å². The molecule has 4 heteroatoms. The van der Waals surface area contributed by atoms with Crippen molar-refractivity contribution >= 4 is 5.91 Å². The van der Waals surface area contributed by atoms with Crippen molar-refractivity contribution in [3.63, 3.8) is 0 Å². The van der Waals surface area contributed by atoms with Crippen molar-refractivity contribution in [3.05, 3.63) is 35.4 Å². The Kier molecular flexibility index (Phi) is 3.96. The van der Waals surface area contributed by atoms with Crippen LogP contribution in [0.5, 0.6) is 0 Å². The van der Waals surface area contributed by atoms with Gasteiger partial charge in [-0.1, -0.05) is 12.1 Å². The largest absolute Gasteiger partial charge is 0.349 e. The monoisotopic (exact) mass is 243 g/mol. The van der Waals surface area contributed by atoms with Gasteiger partial charge in [0.1, 0.15) is 0 Å². The maximum atomic E-state index is 11.9. The first kappa shape index (κ1) is 12.6. The first-order chi connectivity index (χ1) is 8.70. The lowest BCUT2D eigenvalue weighted by Gasteiger charge is -2.17. The van der Waals surface area contributed by atoms with Crippen LogP contribution in [-0.2, 0) is 4.79 Å². The Balaban J connectivity index is 1.96. The van der Waals surface area contributed by atoms with Gasteiger partial charge in [-0.05, 0) is 37.6 Å². The number of carbonyl (C=O) groups is 1. The summed E-state index contributed by atoms with van der Waals surface area (Å²) in [7, 11) is 0. The topological polar surface area (TPSA) is 64.9 Å². The maximum absolute atomic E-state index is 11.9. The first-order valence-corrected chi connectivity index (χ1v) is 6.22. The van der Waals surface area contributed by atoms with E-state index in [1.807, 2.05) is 19.1 Å². The fourth-order valence-electron chi connectivity index (χ4n) is 2.14. The number of amides is 1. The molecule has 1 heterocycles. The third-order valence-electron chi connectivity index (χ3n) is 3.33. The molecule has 2 unspecified atom stereocenters. The minimum absolute atomic E-state index is 0.0224. The van der Waals surface area contributed by atoms with Crippen LogP contribution in [0, 0.1) is 17.2 Å². The molecule has 0 aliphatic carbocycles. The molecule has 0 saturated carbocycles. The second kappa shape index (κ2) is 5.65. The van der Waals surface area contributed by atoms with E-state index in [0.29, 0.717) is 5.56 Å². The van der Waals surface area contributed by atoms with E-state index in [2.05, 4.69) is 16.7 Å². The van der Waals surface area contributed by atoms with E-state index in [0.717, 1.165) is 25.1 Å². The molecule has 4 nitrogen and oxygen atoms in total. The number of nitrogens with one attached hydrogen (secondary N) is 2. The Morgan fingerprint density at radius 3 is 2.78 bits per heavy atom. The molecule has 0 spiro atoms. The second-order valence-electron chi connectivity index (χ2n) is 4.65. The molecule has 2 atom stereocenters. The zero-order valence-electron chi connectivity index (χ0n) is 10.4. The number of hydrogen-bond acceptors (Lipinski definition) is 3. The smallest absolute Gasteiger partial charge is 0.224 e. The van der Waals surface area contributed by atoms with E-state index < -0.39 is 0 Å². The number of benzene rings is 1. The van der Waals surface area contributed by atoms with Crippen molar-refractivity contribution in [2.75, 3.05) is 13.1 Å². The van der Waals surface area contributed by atoms with Crippen LogP contribution in [0.2, 0.25) is 0 Å². The lowest BCUT2D eigenvalue weighted by molar-refractivity contribution is -0.125. The highest BCUT2D eigenvalue weighted by Gasteiger charge is 2.23. The van der Waals surface area contributed by atoms with Crippen molar-refractivity contribution in [3.8, 4) is 6.07 Å². The third-order valence-corrected chi connectivity index (χ3v) is 3.33. The summed E-state index contributed by atoms with van der Waals surface area (Å²) in [4.78, 5) is 11.9. The van der Waals surface area contributed by atoms with Crippen molar-refractivity contribution in [2.45, 2.75) is 19.4 Å². The summed E-state index contributed by atoms with van der Waals surface area (Å²) in [5, 5.41) is 14.9. The highest BCUT2D eigenvalue weighted by atomic mass is 16.2. The van der Waals surface area contributed by atoms with Gasteiger partial charge in [-0.2, -0.15) is 5.26 Å². The van der Waals surface area contributed by atoms with Gasteiger partial charge in [-0.3, -0.25) is 4.79 Å². The van der Waals surface area contributed by atoms with Crippen LogP contribution in [0.25, 0.3) is 0 Å². The Hall–Kier alpha value is -1.86. The molecule has 1 saturated heterocycles. The minimum atomic E-state index is -0.0224. The van der Waals surface area contributed by atoms with Gasteiger partial charge in [0.05, 0.1) is 23.6 Å². The molecule has 1 aromatic carbocycles. The van der Waals surface area contributed by atoms with Crippen LogP contribution in [0.1, 0.15) is 30.5 Å². The molecule has 0 aromatic heterocycles. The van der Waals surface area contributed by atoms with E-state index >= 15 is 0 Å². The highest BCUT2D eigenvalue weighted by Crippen LogP contribution is 2.15. The van der Waals surface area contributed by atoms with Crippen LogP contribution in [0.4, 0.5) is 0 Å². The molecule has 1 aliphatic heterocycles. The van der Waals surface area contributed by atoms with E-state index in [1.54, 1.807) is 12.1 Å². The molecule has 1 aliphatic rings. The zero-order valence-corrected chi connectivity index (χ0v) is 10.4. The van der Waals surface area contributed by atoms with Crippen molar-refractivity contribution in [1.82, 2.24) is 10.6 Å². The Morgan fingerprint density at radius 1 is 1.50 bits per heavy atom. The Labute approximate surface area is 107 Å². The van der Waals surface area contributed by atoms with Gasteiger partial charge >= 0.3 is 0 Å². The summed E-state index contributed by atoms with van der Waals surface area (Å²) in [6, 6.07) is 9.38. The molecule has 18 heavy (non-hydrogen) atoms. The number of rotatable bonds is 3. The van der Waals surface area contributed by atoms with Crippen LogP contribution < -0.4 is 10.6 Å². The molecule has 0 bridgehead atoms. The summed E-state index contributed by atoms with van der Waals surface area (Å²) >= 11 is 0. The van der Waals surface area contributed by atoms with E-state index in [9.17, 15) is 4.79 Å². The van der Waals surface area contributed by atoms with Crippen molar-refractivity contribution in [1.29, 1.82) is 5.26 Å². The quantitative estimate of drug-likeness (QED) is 0.842. The summed E-state index contributed by atoms with van der Waals surface area (Å²) in [5.41, 5.74) is 1.66. The zero-order chi connectivity index (χ0) is 13.0. The fraction of sp³-hybridized carbons (Fsp3) is 0.429. The summed E-state index contributed by atoms with van der Waals surface area (Å²) < 4.78 is 0. The maximum Gasteiger partial charge on any atom is 0.224 e. The Morgan fingerprint density at radius 2 is 2.22 bits per heavy atom. The number of hydrogen-bond donors (Lipinski definition) is 2. The third kappa shape index (κ3) is 2.88. The average Bonchev–Trinajstić information content (AvgIpc) is 2.92. The van der Waals surface area contributed by atoms with Crippen LogP contribution in [0.3, 0.4) is 0 Å². The van der Waals surface area contributed by atoms with Crippen LogP contribution >= 0.6 is 0 Å². The molecule has 94 valence electrons. The molecule has 1 fully saturated rings. The first-order valence-electron chi connectivity index (χ1n) is 6.22. The standard InChI is InChI=1S/C14H17N3O/c1-10(12-4-2-11(8-15)3-5-12)17-14(18)13-6-7-16-9-13/h2-5,10,13,16H,6-7,9H2,1H3,(H,17,18). The second-order valence-corrected chi connectivity index (χ2v) is 4.65. The molecule has 2 rings (SSSR count). The number of nitriles is 1. The van der Waals surface area contributed by atoms with Gasteiger partial charge in [-0.15, -0.1) is 0 Å². The summed E-state index contributed by atoms with van der Waals surface area (Å²) in [6.45, 7) is 3.65. The Bertz CT molecular complexity index is 455. The number of carbonyl (C=O) groups excluding carboxylic acids is 1. The molecule has 0 radical (unpaired) electrons. The SMILES string of the molecule is CC(NC(=O)C1CCNC1)c1ccc(C#N)cc1. The molecule has 1 amide bonds. The van der Waals surface area contributed by atoms with Gasteiger partial charge in [0.25, 0.3) is 0 Å². The summed E-state index contributed by atoms with van der Waals surface area (Å²) in [6.07, 6.45) is 0.909. The fourth-order valence-corrected chi connectivity index (χ4v) is 2.14. The predicted molar refractivity (Wildman–Crippen MR) is 68.7 cm³/mol. The molecule has 1 aromatic rings. The molecule has 2 N–H and O–H groups in total. The predicted octanol–water partition coefficient (Wildman–Crippen LogP) is 1.34. The van der Waals surface area contributed by atoms with E-state index in [4.69, 9.17) is 5.26 Å². The average molecular weight is 243 g/mol. The lowest BCUT2D eigenvalue weighted by atomic mass is 10.0. The van der Waals surface area contributed by atoms with E-state index in [-0.39, 0.29) is 17.9 Å². The molecular formula is C14H17N3O. The van der Waals surface area contributed by atoms with Gasteiger partial charge in [-0.25, -0.2) is 0 Å². The van der Waals surface area contributed by atoms with Gasteiger partial charge in [0.15, 0.2) is 0 Å². The minimum Gasteiger partial charge on any atom is -0.349 e. The van der Waals surface area contributed by atoms with Crippen molar-refractivity contribution in [2.24, 2.45) is 5.92 Å². The van der Waals surface area contributed by atoms with Crippen LogP contribution in [-0.4, -0.2) is 19.0 Å². The van der Waals surface area contributed by atoms with Crippen molar-refractivity contribution < 1.29 is 4.79 Å². The van der Waals surface area contributed by atoms with E-state index in [1.165, 1.54) is 0 Å². The molecular weight excluding hydrogens is 226 g/mol. The normalized spacial score (nSPS) is 20.1. The highest BCUT2D eigenvalue weighted by molar-refractivity contribution is 5.79. The van der Waals surface area contributed by atoms with Gasteiger partial charge < -0.3 is 10.6 Å². The summed E-state index contributed by atoms with van der Waals surface area (Å²) in [5.74, 6) is 0.197. The van der Waals surface area contributed by atoms with Crippen LogP contribution in [0.15, 0.2) is 24.3 Å². The van der Waals surface area contributed by atoms with Gasteiger partial charge in [0.2, 0.25) is 5.91 Å². The lowest BCUT2D eigenvalue weighted by Crippen LogP contribution is -2.33. The number of nitrogens with zero attached hydrogens (tertiary/aromatic N) is 1.